The van der Waals surface area contributed by atoms with Gasteiger partial charge in [-0.25, -0.2) is 0 Å². The molecule has 0 fully saturated rings. The second-order valence-corrected chi connectivity index (χ2v) is 11.9. The summed E-state index contributed by atoms with van der Waals surface area (Å²) in [6.07, 6.45) is 8.41. The van der Waals surface area contributed by atoms with Crippen molar-refractivity contribution in [2.24, 2.45) is 0 Å². The lowest BCUT2D eigenvalue weighted by Gasteiger charge is -2.33. The van der Waals surface area contributed by atoms with E-state index >= 15 is 0 Å². The zero-order valence-electron chi connectivity index (χ0n) is 19.9. The molecule has 0 bridgehead atoms. The molecule has 0 amide bonds. The summed E-state index contributed by atoms with van der Waals surface area (Å²) in [6, 6.07) is 24.8. The van der Waals surface area contributed by atoms with Gasteiger partial charge in [-0.2, -0.15) is 9.13 Å². The molecule has 2 aromatic carbocycles. The molecule has 2 unspecified atom stereocenters. The maximum Gasteiger partial charge on any atom is 0.251 e. The molecule has 3 aromatic heterocycles. The van der Waals surface area contributed by atoms with Crippen LogP contribution in [0.15, 0.2) is 91.5 Å². The van der Waals surface area contributed by atoms with E-state index in [4.69, 9.17) is 0 Å². The lowest BCUT2D eigenvalue weighted by molar-refractivity contribution is -0.799. The van der Waals surface area contributed by atoms with Crippen molar-refractivity contribution in [1.82, 2.24) is 4.98 Å². The highest BCUT2D eigenvalue weighted by Gasteiger charge is 2.53. The summed E-state index contributed by atoms with van der Waals surface area (Å²) >= 11 is 5.09. The van der Waals surface area contributed by atoms with Gasteiger partial charge in [0, 0.05) is 48.9 Å². The number of aryl methyl sites for hydroxylation is 1. The molecule has 36 heavy (non-hydrogen) atoms. The zero-order chi connectivity index (χ0) is 24.6. The van der Waals surface area contributed by atoms with Crippen molar-refractivity contribution in [2.45, 2.75) is 25.9 Å². The Labute approximate surface area is 238 Å². The molecule has 0 saturated carbocycles. The van der Waals surface area contributed by atoms with E-state index in [1.54, 1.807) is 0 Å². The molecular weight excluding hydrogens is 668 g/mol. The van der Waals surface area contributed by atoms with Crippen LogP contribution in [0.4, 0.5) is 0 Å². The Morgan fingerprint density at radius 2 is 1.53 bits per heavy atom. The van der Waals surface area contributed by atoms with Gasteiger partial charge in [0.15, 0.2) is 12.4 Å². The van der Waals surface area contributed by atoms with Crippen molar-refractivity contribution in [2.75, 3.05) is 0 Å². The quantitative estimate of drug-likeness (QED) is 0.137. The van der Waals surface area contributed by atoms with Gasteiger partial charge in [0.05, 0.1) is 16.7 Å². The Morgan fingerprint density at radius 1 is 0.750 bits per heavy atom. The molecule has 0 spiro atoms. The fourth-order valence-corrected chi connectivity index (χ4v) is 8.02. The van der Waals surface area contributed by atoms with E-state index in [9.17, 15) is 0 Å². The van der Waals surface area contributed by atoms with E-state index in [0.29, 0.717) is 0 Å². The highest BCUT2D eigenvalue weighted by atomic mass is 127. The van der Waals surface area contributed by atoms with Crippen molar-refractivity contribution >= 4 is 45.2 Å². The van der Waals surface area contributed by atoms with E-state index in [2.05, 4.69) is 152 Å². The molecule has 0 aliphatic carbocycles. The Kier molecular flexibility index (Phi) is 5.29. The van der Waals surface area contributed by atoms with Crippen molar-refractivity contribution in [1.29, 1.82) is 0 Å². The number of hydrogen-bond acceptors (Lipinski definition) is 1. The van der Waals surface area contributed by atoms with Crippen LogP contribution in [0.5, 0.6) is 0 Å². The maximum absolute atomic E-state index is 4.25. The molecule has 2 atom stereocenters. The summed E-state index contributed by atoms with van der Waals surface area (Å²) in [4.78, 5) is 4.25. The molecule has 5 aromatic rings. The molecule has 3 nitrogen and oxygen atoms in total. The fourth-order valence-electron chi connectivity index (χ4n) is 6.02. The van der Waals surface area contributed by atoms with E-state index in [-0.39, 0.29) is 12.1 Å². The van der Waals surface area contributed by atoms with Gasteiger partial charge in [-0.15, -0.1) is 0 Å². The van der Waals surface area contributed by atoms with E-state index in [1.165, 1.54) is 63.0 Å². The van der Waals surface area contributed by atoms with Crippen molar-refractivity contribution in [3.05, 3.63) is 121 Å². The minimum atomic E-state index is 0.151. The van der Waals surface area contributed by atoms with Crippen molar-refractivity contribution in [3.63, 3.8) is 0 Å². The first-order valence-corrected chi connectivity index (χ1v) is 14.2. The predicted molar refractivity (Wildman–Crippen MR) is 159 cm³/mol. The number of halogens is 2. The van der Waals surface area contributed by atoms with Gasteiger partial charge >= 0.3 is 0 Å². The SMILES string of the molecule is Cc1cc2[n+](cc1-c1ccncc1)C1c3ccccc3-c3cccc[n+]3C1c1c-2cc(I)c(C)c1I. The van der Waals surface area contributed by atoms with Gasteiger partial charge in [-0.05, 0) is 106 Å². The number of benzene rings is 2. The van der Waals surface area contributed by atoms with Gasteiger partial charge in [-0.3, -0.25) is 4.98 Å². The van der Waals surface area contributed by atoms with Gasteiger partial charge in [0.25, 0.3) is 12.1 Å². The smallest absolute Gasteiger partial charge is 0.251 e. The van der Waals surface area contributed by atoms with Crippen LogP contribution < -0.4 is 9.13 Å². The fraction of sp³-hybridized carbons (Fsp3) is 0.129. The van der Waals surface area contributed by atoms with Crippen LogP contribution in [0.1, 0.15) is 34.3 Å². The van der Waals surface area contributed by atoms with Crippen LogP contribution >= 0.6 is 45.2 Å². The number of hydrogen-bond donors (Lipinski definition) is 0. The van der Waals surface area contributed by atoms with E-state index in [1.807, 2.05) is 12.4 Å². The van der Waals surface area contributed by atoms with Gasteiger partial charge in [0.2, 0.25) is 11.4 Å². The molecule has 5 heteroatoms. The van der Waals surface area contributed by atoms with Crippen LogP contribution in [0, 0.1) is 21.0 Å². The molecule has 0 radical (unpaired) electrons. The lowest BCUT2D eigenvalue weighted by atomic mass is 9.79. The Balaban J connectivity index is 1.63. The maximum atomic E-state index is 4.25. The predicted octanol–water partition coefficient (Wildman–Crippen LogP) is 6.99. The van der Waals surface area contributed by atoms with Crippen molar-refractivity contribution in [3.8, 4) is 33.6 Å². The van der Waals surface area contributed by atoms with E-state index in [0.717, 1.165) is 0 Å². The minimum absolute atomic E-state index is 0.151. The average molecular weight is 691 g/mol. The molecule has 0 N–H and O–H groups in total. The molecule has 7 rings (SSSR count). The number of pyridine rings is 3. The molecule has 174 valence electrons. The number of rotatable bonds is 1. The standard InChI is InChI=1S/C31H23I2N3/c1-18-15-27-23-16-25(32)19(2)29(33)28(23)31-30(36(27)17-24(18)20-10-12-34-13-11-20)22-8-4-3-7-21(22)26-9-5-6-14-35(26)31/h3-17,30-31H,1-2H3/q+2. The first kappa shape index (κ1) is 22.5. The van der Waals surface area contributed by atoms with Crippen LogP contribution in [0.25, 0.3) is 33.6 Å². The second-order valence-electron chi connectivity index (χ2n) is 9.63. The Bertz CT molecular complexity index is 1690. The second kappa shape index (κ2) is 8.45. The van der Waals surface area contributed by atoms with E-state index < -0.39 is 0 Å². The summed E-state index contributed by atoms with van der Waals surface area (Å²) in [5.74, 6) is 0. The zero-order valence-corrected chi connectivity index (χ0v) is 24.2. The summed E-state index contributed by atoms with van der Waals surface area (Å²) in [5, 5.41) is 0. The first-order chi connectivity index (χ1) is 17.5. The summed E-state index contributed by atoms with van der Waals surface area (Å²) in [6.45, 7) is 4.48. The number of aromatic nitrogens is 3. The first-order valence-electron chi connectivity index (χ1n) is 12.1. The number of fused-ring (bicyclic) bond motifs is 11. The van der Waals surface area contributed by atoms with Gasteiger partial charge in [0.1, 0.15) is 0 Å². The lowest BCUT2D eigenvalue weighted by Crippen LogP contribution is -2.60. The molecule has 5 heterocycles. The molecule has 2 aliphatic heterocycles. The highest BCUT2D eigenvalue weighted by molar-refractivity contribution is 14.1. The molecule has 0 saturated heterocycles. The summed E-state index contributed by atoms with van der Waals surface area (Å²) in [5.41, 5.74) is 13.1. The minimum Gasteiger partial charge on any atom is -0.265 e. The highest BCUT2D eigenvalue weighted by Crippen LogP contribution is 2.48. The largest absolute Gasteiger partial charge is 0.265 e. The van der Waals surface area contributed by atoms with Gasteiger partial charge in [-0.1, -0.05) is 18.2 Å². The van der Waals surface area contributed by atoms with Crippen LogP contribution in [-0.2, 0) is 0 Å². The van der Waals surface area contributed by atoms with Crippen molar-refractivity contribution < 1.29 is 9.13 Å². The van der Waals surface area contributed by atoms with Crippen LogP contribution in [0.3, 0.4) is 0 Å². The summed E-state index contributed by atoms with van der Waals surface area (Å²) < 4.78 is 7.72. The topological polar surface area (TPSA) is 20.6 Å². The molecule has 2 aliphatic rings. The third-order valence-corrected chi connectivity index (χ3v) is 10.2. The Morgan fingerprint density at radius 3 is 2.36 bits per heavy atom. The van der Waals surface area contributed by atoms with Gasteiger partial charge < -0.3 is 0 Å². The van der Waals surface area contributed by atoms with Crippen LogP contribution in [0.2, 0.25) is 0 Å². The summed E-state index contributed by atoms with van der Waals surface area (Å²) in [7, 11) is 0. The normalized spacial score (nSPS) is 16.9. The average Bonchev–Trinajstić information content (AvgIpc) is 2.92. The third kappa shape index (κ3) is 3.18. The number of nitrogens with zero attached hydrogens (tertiary/aromatic N) is 3. The molecular formula is C31H23I2N3+2. The van der Waals surface area contributed by atoms with Crippen LogP contribution in [-0.4, -0.2) is 4.98 Å². The Hall–Kier alpha value is -2.65. The monoisotopic (exact) mass is 691 g/mol. The third-order valence-electron chi connectivity index (χ3n) is 7.72.